The van der Waals surface area contributed by atoms with Crippen LogP contribution in [0.25, 0.3) is 33.3 Å². The summed E-state index contributed by atoms with van der Waals surface area (Å²) in [6.45, 7) is 0.172. The van der Waals surface area contributed by atoms with E-state index in [9.17, 15) is 9.18 Å². The van der Waals surface area contributed by atoms with Gasteiger partial charge in [0.05, 0.1) is 11.8 Å². The number of aromatic nitrogens is 4. The molecule has 0 atom stereocenters. The molecule has 29 heavy (non-hydrogen) atoms. The number of halogens is 1. The van der Waals surface area contributed by atoms with E-state index in [1.54, 1.807) is 13.4 Å². The van der Waals surface area contributed by atoms with E-state index in [0.29, 0.717) is 22.6 Å². The number of H-pyrrole nitrogens is 1. The Kier molecular flexibility index (Phi) is 4.89. The number of nitrogens with zero attached hydrogens (tertiary/aromatic N) is 3. The maximum absolute atomic E-state index is 14.2. The first-order chi connectivity index (χ1) is 14.0. The summed E-state index contributed by atoms with van der Waals surface area (Å²) in [4.78, 5) is 23.9. The van der Waals surface area contributed by atoms with Crippen molar-refractivity contribution in [2.24, 2.45) is 7.05 Å². The zero-order valence-electron chi connectivity index (χ0n) is 16.3. The van der Waals surface area contributed by atoms with Gasteiger partial charge in [-0.25, -0.2) is 14.4 Å². The molecule has 4 aromatic rings. The number of hydrogen-bond acceptors (Lipinski definition) is 5. The number of fused-ring (bicyclic) bond motifs is 3. The molecule has 3 N–H and O–H groups in total. The number of hydrogen-bond donors (Lipinski definition) is 3. The fourth-order valence-corrected chi connectivity index (χ4v) is 3.42. The lowest BCUT2D eigenvalue weighted by atomic mass is 10.1. The van der Waals surface area contributed by atoms with Crippen LogP contribution in [0.15, 0.2) is 30.6 Å². The van der Waals surface area contributed by atoms with Crippen molar-refractivity contribution in [2.45, 2.75) is 6.54 Å². The Morgan fingerprint density at radius 3 is 2.90 bits per heavy atom. The van der Waals surface area contributed by atoms with E-state index in [4.69, 9.17) is 4.74 Å². The van der Waals surface area contributed by atoms with Crippen molar-refractivity contribution in [3.63, 3.8) is 0 Å². The van der Waals surface area contributed by atoms with Gasteiger partial charge in [0.2, 0.25) is 5.91 Å². The van der Waals surface area contributed by atoms with Crippen LogP contribution in [-0.4, -0.2) is 46.2 Å². The number of carbonyl (C=O) groups is 1. The largest absolute Gasteiger partial charge is 0.375 e. The number of ether oxygens (including phenoxy) is 1. The normalized spacial score (nSPS) is 11.3. The van der Waals surface area contributed by atoms with Gasteiger partial charge in [0.25, 0.3) is 0 Å². The number of nitrogens with one attached hydrogen (secondary N) is 3. The summed E-state index contributed by atoms with van der Waals surface area (Å²) in [5.41, 5.74) is 4.43. The highest BCUT2D eigenvalue weighted by atomic mass is 19.1. The van der Waals surface area contributed by atoms with Crippen molar-refractivity contribution >= 4 is 33.8 Å². The van der Waals surface area contributed by atoms with Crippen LogP contribution in [0, 0.1) is 5.82 Å². The summed E-state index contributed by atoms with van der Waals surface area (Å²) >= 11 is 0. The van der Waals surface area contributed by atoms with Gasteiger partial charge in [-0.05, 0) is 29.8 Å². The molecule has 1 amide bonds. The number of pyridine rings is 1. The van der Waals surface area contributed by atoms with Gasteiger partial charge in [0, 0.05) is 44.4 Å². The molecule has 0 radical (unpaired) electrons. The topological polar surface area (TPSA) is 96.9 Å². The third-order valence-electron chi connectivity index (χ3n) is 4.71. The lowest BCUT2D eigenvalue weighted by Crippen LogP contribution is -2.26. The van der Waals surface area contributed by atoms with Gasteiger partial charge in [-0.1, -0.05) is 0 Å². The number of methoxy groups -OCH3 is 1. The van der Waals surface area contributed by atoms with E-state index in [1.165, 1.54) is 19.2 Å². The first kappa shape index (κ1) is 18.9. The van der Waals surface area contributed by atoms with Crippen LogP contribution >= 0.6 is 0 Å². The Morgan fingerprint density at radius 1 is 1.31 bits per heavy atom. The van der Waals surface area contributed by atoms with Crippen molar-refractivity contribution in [3.05, 3.63) is 42.0 Å². The number of benzene rings is 1. The summed E-state index contributed by atoms with van der Waals surface area (Å²) in [6, 6.07) is 6.62. The van der Waals surface area contributed by atoms with Gasteiger partial charge in [0.15, 0.2) is 5.82 Å². The Hall–Kier alpha value is -3.46. The molecule has 0 saturated carbocycles. The zero-order chi connectivity index (χ0) is 20.5. The molecule has 9 heteroatoms. The Labute approximate surface area is 166 Å². The second-order valence-electron chi connectivity index (χ2n) is 6.77. The third-order valence-corrected chi connectivity index (χ3v) is 4.71. The minimum atomic E-state index is -0.383. The minimum absolute atomic E-state index is 0.0373. The van der Waals surface area contributed by atoms with E-state index >= 15 is 0 Å². The van der Waals surface area contributed by atoms with Crippen LogP contribution in [0.1, 0.15) is 5.56 Å². The molecule has 0 spiro atoms. The highest BCUT2D eigenvalue weighted by Crippen LogP contribution is 2.32. The van der Waals surface area contributed by atoms with Crippen LogP contribution in [0.3, 0.4) is 0 Å². The van der Waals surface area contributed by atoms with E-state index in [1.807, 2.05) is 23.7 Å². The Bertz CT molecular complexity index is 1210. The van der Waals surface area contributed by atoms with Crippen molar-refractivity contribution < 1.29 is 13.9 Å². The number of imidazole rings is 1. The summed E-state index contributed by atoms with van der Waals surface area (Å²) in [7, 11) is 5.16. The van der Waals surface area contributed by atoms with Crippen LogP contribution in [-0.2, 0) is 23.1 Å². The van der Waals surface area contributed by atoms with Gasteiger partial charge in [-0.15, -0.1) is 0 Å². The number of aryl methyl sites for hydroxylation is 1. The number of aromatic amines is 1. The monoisotopic (exact) mass is 396 g/mol. The SMILES string of the molecule is CNc1nc2[nH]c(-c3cc(F)cc(CNC(=O)COC)c3)cc2c2c1ncn2C. The molecule has 0 bridgehead atoms. The van der Waals surface area contributed by atoms with Crippen molar-refractivity contribution in [3.8, 4) is 11.3 Å². The van der Waals surface area contributed by atoms with E-state index < -0.39 is 0 Å². The molecule has 0 saturated heterocycles. The Morgan fingerprint density at radius 2 is 2.14 bits per heavy atom. The van der Waals surface area contributed by atoms with Gasteiger partial charge in [-0.3, -0.25) is 4.79 Å². The smallest absolute Gasteiger partial charge is 0.246 e. The highest BCUT2D eigenvalue weighted by molar-refractivity contribution is 6.07. The molecular formula is C20H21FN6O2. The molecule has 150 valence electrons. The van der Waals surface area contributed by atoms with E-state index in [-0.39, 0.29) is 24.9 Å². The quantitative estimate of drug-likeness (QED) is 0.465. The molecule has 1 aromatic carbocycles. The van der Waals surface area contributed by atoms with Crippen molar-refractivity contribution in [1.29, 1.82) is 0 Å². The molecule has 0 aliphatic rings. The van der Waals surface area contributed by atoms with E-state index in [0.717, 1.165) is 22.1 Å². The highest BCUT2D eigenvalue weighted by Gasteiger charge is 2.15. The number of rotatable bonds is 6. The van der Waals surface area contributed by atoms with Gasteiger partial charge in [-0.2, -0.15) is 0 Å². The molecule has 8 nitrogen and oxygen atoms in total. The second-order valence-corrected chi connectivity index (χ2v) is 6.77. The van der Waals surface area contributed by atoms with Crippen LogP contribution < -0.4 is 10.6 Å². The Balaban J connectivity index is 1.76. The second kappa shape index (κ2) is 7.51. The fourth-order valence-electron chi connectivity index (χ4n) is 3.42. The summed E-state index contributed by atoms with van der Waals surface area (Å²) in [6.07, 6.45) is 1.74. The summed E-state index contributed by atoms with van der Waals surface area (Å²) in [5, 5.41) is 6.66. The molecule has 0 fully saturated rings. The van der Waals surface area contributed by atoms with Gasteiger partial charge < -0.3 is 24.9 Å². The zero-order valence-corrected chi connectivity index (χ0v) is 16.3. The summed E-state index contributed by atoms with van der Waals surface area (Å²) in [5.74, 6) is 0.0281. The molecule has 0 aliphatic carbocycles. The number of anilines is 1. The fraction of sp³-hybridized carbons (Fsp3) is 0.250. The molecular weight excluding hydrogens is 375 g/mol. The molecule has 3 heterocycles. The lowest BCUT2D eigenvalue weighted by molar-refractivity contribution is -0.124. The standard InChI is InChI=1S/C20H21FN6O2/c1-22-20-17-18(27(2)10-24-17)14-7-15(25-19(14)26-20)12-4-11(5-13(21)6-12)8-23-16(28)9-29-3/h4-7,10H,8-9H2,1-3H3,(H,23,28)(H2,22,25,26). The first-order valence-corrected chi connectivity index (χ1v) is 9.07. The third kappa shape index (κ3) is 3.52. The van der Waals surface area contributed by atoms with Crippen LogP contribution in [0.4, 0.5) is 10.2 Å². The lowest BCUT2D eigenvalue weighted by Gasteiger charge is -2.07. The van der Waals surface area contributed by atoms with Gasteiger partial charge in [0.1, 0.15) is 23.6 Å². The van der Waals surface area contributed by atoms with Gasteiger partial charge >= 0.3 is 0 Å². The predicted molar refractivity (Wildman–Crippen MR) is 109 cm³/mol. The number of amides is 1. The van der Waals surface area contributed by atoms with Crippen molar-refractivity contribution in [1.82, 2.24) is 24.8 Å². The van der Waals surface area contributed by atoms with Crippen molar-refractivity contribution in [2.75, 3.05) is 26.1 Å². The van der Waals surface area contributed by atoms with E-state index in [2.05, 4.69) is 25.6 Å². The summed E-state index contributed by atoms with van der Waals surface area (Å²) < 4.78 is 21.0. The van der Waals surface area contributed by atoms with Crippen LogP contribution in [0.5, 0.6) is 0 Å². The molecule has 3 aromatic heterocycles. The maximum atomic E-state index is 14.2. The minimum Gasteiger partial charge on any atom is -0.375 e. The molecule has 0 aliphatic heterocycles. The predicted octanol–water partition coefficient (Wildman–Crippen LogP) is 2.56. The average Bonchev–Trinajstić information content (AvgIpc) is 3.29. The molecule has 0 unspecified atom stereocenters. The van der Waals surface area contributed by atoms with Crippen LogP contribution in [0.2, 0.25) is 0 Å². The maximum Gasteiger partial charge on any atom is 0.246 e. The molecule has 4 rings (SSSR count). The average molecular weight is 396 g/mol. The first-order valence-electron chi connectivity index (χ1n) is 9.07. The number of carbonyl (C=O) groups excluding carboxylic acids is 1.